The Bertz CT molecular complexity index is 570. The lowest BCUT2D eigenvalue weighted by Crippen LogP contribution is -2.26. The number of anilines is 1. The Morgan fingerprint density at radius 3 is 2.95 bits per heavy atom. The largest absolute Gasteiger partial charge is 0.467 e. The molecule has 1 fully saturated rings. The average molecular weight is 294 g/mol. The normalized spacial score (nSPS) is 14.5. The van der Waals surface area contributed by atoms with Crippen LogP contribution in [-0.2, 0) is 17.9 Å². The number of nitrogens with zero attached hydrogens (tertiary/aromatic N) is 3. The molecule has 0 unspecified atom stereocenters. The quantitative estimate of drug-likeness (QED) is 0.766. The molecule has 2 aromatic rings. The van der Waals surface area contributed by atoms with Crippen LogP contribution in [0.1, 0.15) is 24.4 Å². The smallest absolute Gasteiger partial charge is 0.158 e. The van der Waals surface area contributed by atoms with Gasteiger partial charge in [0.05, 0.1) is 12.8 Å². The van der Waals surface area contributed by atoms with Crippen LogP contribution in [0.2, 0.25) is 5.15 Å². The maximum Gasteiger partial charge on any atom is 0.158 e. The van der Waals surface area contributed by atoms with Crippen molar-refractivity contribution >= 4 is 17.4 Å². The second-order valence-electron chi connectivity index (χ2n) is 4.84. The highest BCUT2D eigenvalue weighted by atomic mass is 35.5. The summed E-state index contributed by atoms with van der Waals surface area (Å²) < 4.78 is 10.5. The minimum absolute atomic E-state index is 0.354. The number of hydrogen-bond acceptors (Lipinski definition) is 5. The fourth-order valence-electron chi connectivity index (χ4n) is 2.15. The molecule has 0 saturated heterocycles. The minimum Gasteiger partial charge on any atom is -0.467 e. The monoisotopic (exact) mass is 293 g/mol. The highest BCUT2D eigenvalue weighted by Crippen LogP contribution is 2.33. The molecule has 0 aliphatic heterocycles. The average Bonchev–Trinajstić information content (AvgIpc) is 3.12. The predicted molar refractivity (Wildman–Crippen MR) is 75.7 cm³/mol. The molecule has 6 heteroatoms. The lowest BCUT2D eigenvalue weighted by atomic mass is 10.3. The van der Waals surface area contributed by atoms with Crippen molar-refractivity contribution in [2.75, 3.05) is 12.0 Å². The standard InChI is InChI=1S/C14H16ClN3O2/c1-19-9-13-16-12(15)7-14(17-13)18(10-4-5-10)8-11-3-2-6-20-11/h2-3,6-7,10H,4-5,8-9H2,1H3. The van der Waals surface area contributed by atoms with Crippen LogP contribution in [0.5, 0.6) is 0 Å². The molecule has 0 amide bonds. The lowest BCUT2D eigenvalue weighted by Gasteiger charge is -2.22. The molecule has 1 aliphatic carbocycles. The summed E-state index contributed by atoms with van der Waals surface area (Å²) in [6.45, 7) is 1.05. The Balaban J connectivity index is 1.86. The van der Waals surface area contributed by atoms with E-state index in [-0.39, 0.29) is 0 Å². The van der Waals surface area contributed by atoms with Gasteiger partial charge in [-0.05, 0) is 25.0 Å². The third kappa shape index (κ3) is 3.11. The molecular weight excluding hydrogens is 278 g/mol. The van der Waals surface area contributed by atoms with Crippen molar-refractivity contribution in [2.24, 2.45) is 0 Å². The van der Waals surface area contributed by atoms with Crippen LogP contribution in [0.3, 0.4) is 0 Å². The topological polar surface area (TPSA) is 51.4 Å². The molecule has 1 saturated carbocycles. The Morgan fingerprint density at radius 1 is 1.45 bits per heavy atom. The van der Waals surface area contributed by atoms with Gasteiger partial charge in [-0.15, -0.1) is 0 Å². The van der Waals surface area contributed by atoms with Crippen molar-refractivity contribution < 1.29 is 9.15 Å². The van der Waals surface area contributed by atoms with Gasteiger partial charge < -0.3 is 14.1 Å². The number of aromatic nitrogens is 2. The maximum absolute atomic E-state index is 6.08. The molecule has 2 aromatic heterocycles. The zero-order valence-corrected chi connectivity index (χ0v) is 12.0. The van der Waals surface area contributed by atoms with Crippen molar-refractivity contribution in [2.45, 2.75) is 32.0 Å². The van der Waals surface area contributed by atoms with Crippen molar-refractivity contribution in [3.8, 4) is 0 Å². The molecule has 0 N–H and O–H groups in total. The molecule has 0 aromatic carbocycles. The first-order chi connectivity index (χ1) is 9.76. The van der Waals surface area contributed by atoms with Gasteiger partial charge in [0, 0.05) is 19.2 Å². The minimum atomic E-state index is 0.354. The van der Waals surface area contributed by atoms with E-state index in [4.69, 9.17) is 20.8 Å². The summed E-state index contributed by atoms with van der Waals surface area (Å²) in [5.41, 5.74) is 0. The van der Waals surface area contributed by atoms with Gasteiger partial charge in [0.15, 0.2) is 5.82 Å². The van der Waals surface area contributed by atoms with E-state index in [2.05, 4.69) is 14.9 Å². The van der Waals surface area contributed by atoms with E-state index in [0.717, 1.165) is 11.6 Å². The molecular formula is C14H16ClN3O2. The second-order valence-corrected chi connectivity index (χ2v) is 5.22. The summed E-state index contributed by atoms with van der Waals surface area (Å²) in [5, 5.41) is 0.437. The molecule has 5 nitrogen and oxygen atoms in total. The third-order valence-electron chi connectivity index (χ3n) is 3.19. The lowest BCUT2D eigenvalue weighted by molar-refractivity contribution is 0.178. The second kappa shape index (κ2) is 5.81. The fraction of sp³-hybridized carbons (Fsp3) is 0.429. The number of methoxy groups -OCH3 is 1. The van der Waals surface area contributed by atoms with Crippen LogP contribution in [-0.4, -0.2) is 23.1 Å². The highest BCUT2D eigenvalue weighted by molar-refractivity contribution is 6.29. The van der Waals surface area contributed by atoms with Crippen molar-refractivity contribution in [1.29, 1.82) is 0 Å². The number of halogens is 1. The maximum atomic E-state index is 6.08. The van der Waals surface area contributed by atoms with E-state index in [9.17, 15) is 0 Å². The fourth-order valence-corrected chi connectivity index (χ4v) is 2.34. The first kappa shape index (κ1) is 13.4. The van der Waals surface area contributed by atoms with Crippen LogP contribution >= 0.6 is 11.6 Å². The molecule has 20 heavy (non-hydrogen) atoms. The number of rotatable bonds is 6. The summed E-state index contributed by atoms with van der Waals surface area (Å²) in [4.78, 5) is 10.9. The van der Waals surface area contributed by atoms with Crippen LogP contribution < -0.4 is 4.90 Å². The zero-order chi connectivity index (χ0) is 13.9. The zero-order valence-electron chi connectivity index (χ0n) is 11.3. The first-order valence-electron chi connectivity index (χ1n) is 6.57. The van der Waals surface area contributed by atoms with Crippen LogP contribution in [0.4, 0.5) is 5.82 Å². The van der Waals surface area contributed by atoms with Gasteiger partial charge in [0.25, 0.3) is 0 Å². The molecule has 0 bridgehead atoms. The Labute approximate surface area is 122 Å². The van der Waals surface area contributed by atoms with Crippen molar-refractivity contribution in [3.63, 3.8) is 0 Å². The molecule has 0 spiro atoms. The van der Waals surface area contributed by atoms with Crippen LogP contribution in [0.15, 0.2) is 28.9 Å². The van der Waals surface area contributed by atoms with Crippen molar-refractivity contribution in [1.82, 2.24) is 9.97 Å². The van der Waals surface area contributed by atoms with E-state index in [0.29, 0.717) is 30.2 Å². The summed E-state index contributed by atoms with van der Waals surface area (Å²) in [5.74, 6) is 2.34. The Kier molecular flexibility index (Phi) is 3.89. The first-order valence-corrected chi connectivity index (χ1v) is 6.95. The number of ether oxygens (including phenoxy) is 1. The summed E-state index contributed by atoms with van der Waals surface area (Å²) in [6.07, 6.45) is 4.02. The summed E-state index contributed by atoms with van der Waals surface area (Å²) in [6, 6.07) is 6.15. The molecule has 1 aliphatic rings. The third-order valence-corrected chi connectivity index (χ3v) is 3.38. The van der Waals surface area contributed by atoms with E-state index >= 15 is 0 Å². The van der Waals surface area contributed by atoms with Gasteiger partial charge in [-0.3, -0.25) is 0 Å². The summed E-state index contributed by atoms with van der Waals surface area (Å²) >= 11 is 6.08. The molecule has 2 heterocycles. The van der Waals surface area contributed by atoms with Gasteiger partial charge in [-0.25, -0.2) is 9.97 Å². The van der Waals surface area contributed by atoms with E-state index in [1.165, 1.54) is 12.8 Å². The number of furan rings is 1. The van der Waals surface area contributed by atoms with Gasteiger partial charge in [-0.1, -0.05) is 11.6 Å². The van der Waals surface area contributed by atoms with Gasteiger partial charge in [0.1, 0.15) is 23.3 Å². The molecule has 0 atom stereocenters. The predicted octanol–water partition coefficient (Wildman–Crippen LogP) is 3.04. The molecule has 106 valence electrons. The van der Waals surface area contributed by atoms with Gasteiger partial charge in [-0.2, -0.15) is 0 Å². The highest BCUT2D eigenvalue weighted by Gasteiger charge is 2.31. The van der Waals surface area contributed by atoms with Gasteiger partial charge in [0.2, 0.25) is 0 Å². The molecule has 0 radical (unpaired) electrons. The van der Waals surface area contributed by atoms with Crippen LogP contribution in [0.25, 0.3) is 0 Å². The van der Waals surface area contributed by atoms with E-state index < -0.39 is 0 Å². The Morgan fingerprint density at radius 2 is 2.30 bits per heavy atom. The summed E-state index contributed by atoms with van der Waals surface area (Å²) in [7, 11) is 1.62. The molecule has 3 rings (SSSR count). The van der Waals surface area contributed by atoms with E-state index in [1.54, 1.807) is 19.4 Å². The SMILES string of the molecule is COCc1nc(Cl)cc(N(Cc2ccco2)C2CC2)n1. The number of hydrogen-bond donors (Lipinski definition) is 0. The van der Waals surface area contributed by atoms with Gasteiger partial charge >= 0.3 is 0 Å². The van der Waals surface area contributed by atoms with Crippen LogP contribution in [0, 0.1) is 0 Å². The van der Waals surface area contributed by atoms with Crippen molar-refractivity contribution in [3.05, 3.63) is 41.2 Å². The van der Waals surface area contributed by atoms with E-state index in [1.807, 2.05) is 12.1 Å². The Hall–Kier alpha value is -1.59.